The van der Waals surface area contributed by atoms with E-state index in [4.69, 9.17) is 10.5 Å². The van der Waals surface area contributed by atoms with E-state index in [-0.39, 0.29) is 5.78 Å². The fourth-order valence-electron chi connectivity index (χ4n) is 3.92. The first-order valence-electron chi connectivity index (χ1n) is 11.4. The zero-order valence-corrected chi connectivity index (χ0v) is 19.0. The maximum absolute atomic E-state index is 12.1. The number of likely N-dealkylation sites (tertiary alicyclic amines) is 1. The quantitative estimate of drug-likeness (QED) is 0.307. The Morgan fingerprint density at radius 2 is 1.82 bits per heavy atom. The molecule has 0 aliphatic carbocycles. The maximum atomic E-state index is 12.1. The van der Waals surface area contributed by atoms with Gasteiger partial charge in [-0.1, -0.05) is 24.6 Å². The van der Waals surface area contributed by atoms with Gasteiger partial charge in [-0.15, -0.1) is 0 Å². The van der Waals surface area contributed by atoms with E-state index < -0.39 is 0 Å². The monoisotopic (exact) mass is 445 g/mol. The van der Waals surface area contributed by atoms with E-state index in [9.17, 15) is 4.79 Å². The first kappa shape index (κ1) is 22.6. The molecule has 0 saturated carbocycles. The van der Waals surface area contributed by atoms with Gasteiger partial charge in [0.15, 0.2) is 5.78 Å². The molecule has 0 bridgehead atoms. The standard InChI is InChI=1S/C26H31N5O2/c1-19(32)22-11-13-25(30-26(22)28-20-8-4-2-5-9-20)29-24-12-10-21(18-23(24)27)33-17-16-31-14-6-3-7-15-31/h2,4-5,8-13,18H,3,6-7,14-17,27H2,1H3,(H2,28,29,30). The number of anilines is 5. The summed E-state index contributed by atoms with van der Waals surface area (Å²) >= 11 is 0. The summed E-state index contributed by atoms with van der Waals surface area (Å²) in [5.41, 5.74) is 8.95. The van der Waals surface area contributed by atoms with Crippen LogP contribution in [0.25, 0.3) is 0 Å². The molecule has 172 valence electrons. The Morgan fingerprint density at radius 1 is 1.03 bits per heavy atom. The maximum Gasteiger partial charge on any atom is 0.163 e. The van der Waals surface area contributed by atoms with Gasteiger partial charge >= 0.3 is 0 Å². The second kappa shape index (κ2) is 10.8. The van der Waals surface area contributed by atoms with E-state index in [0.29, 0.717) is 29.5 Å². The zero-order valence-electron chi connectivity index (χ0n) is 19.0. The summed E-state index contributed by atoms with van der Waals surface area (Å²) in [5.74, 6) is 1.78. The second-order valence-electron chi connectivity index (χ2n) is 8.26. The number of carbonyl (C=O) groups is 1. The number of Topliss-reactive ketones (excluding diaryl/α,β-unsaturated/α-hetero) is 1. The van der Waals surface area contributed by atoms with Crippen LogP contribution >= 0.6 is 0 Å². The topological polar surface area (TPSA) is 92.5 Å². The summed E-state index contributed by atoms with van der Waals surface area (Å²) in [5, 5.41) is 6.48. The van der Waals surface area contributed by atoms with Gasteiger partial charge in [0.05, 0.1) is 16.9 Å². The van der Waals surface area contributed by atoms with E-state index in [2.05, 4.69) is 20.5 Å². The number of hydrogen-bond acceptors (Lipinski definition) is 7. The number of ketones is 1. The van der Waals surface area contributed by atoms with Crippen molar-refractivity contribution in [3.8, 4) is 5.75 Å². The normalized spacial score (nSPS) is 14.0. The number of carbonyl (C=O) groups excluding carboxylic acids is 1. The number of nitrogen functional groups attached to an aromatic ring is 1. The number of nitrogens with zero attached hydrogens (tertiary/aromatic N) is 2. The number of nitrogens with one attached hydrogen (secondary N) is 2. The lowest BCUT2D eigenvalue weighted by atomic mass is 10.1. The third-order valence-corrected chi connectivity index (χ3v) is 5.72. The van der Waals surface area contributed by atoms with Gasteiger partial charge < -0.3 is 21.1 Å². The Hall–Kier alpha value is -3.58. The van der Waals surface area contributed by atoms with Gasteiger partial charge in [-0.05, 0) is 69.3 Å². The van der Waals surface area contributed by atoms with Crippen molar-refractivity contribution in [2.45, 2.75) is 26.2 Å². The summed E-state index contributed by atoms with van der Waals surface area (Å²) in [6, 6.07) is 18.8. The summed E-state index contributed by atoms with van der Waals surface area (Å²) in [6.45, 7) is 5.43. The molecule has 7 nitrogen and oxygen atoms in total. The SMILES string of the molecule is CC(=O)c1ccc(Nc2ccc(OCCN3CCCCC3)cc2N)nc1Nc1ccccc1. The molecule has 3 aromatic rings. The highest BCUT2D eigenvalue weighted by molar-refractivity contribution is 5.99. The van der Waals surface area contributed by atoms with Gasteiger partial charge in [0.2, 0.25) is 0 Å². The van der Waals surface area contributed by atoms with Crippen molar-refractivity contribution in [1.29, 1.82) is 0 Å². The molecular weight excluding hydrogens is 414 g/mol. The summed E-state index contributed by atoms with van der Waals surface area (Å²) in [7, 11) is 0. The Labute approximate surface area is 195 Å². The lowest BCUT2D eigenvalue weighted by Crippen LogP contribution is -2.33. The first-order chi connectivity index (χ1) is 16.1. The molecule has 2 aromatic carbocycles. The van der Waals surface area contributed by atoms with Gasteiger partial charge in [0.1, 0.15) is 24.0 Å². The Balaban J connectivity index is 1.42. The molecule has 2 heterocycles. The van der Waals surface area contributed by atoms with Crippen LogP contribution in [-0.4, -0.2) is 41.9 Å². The molecule has 0 spiro atoms. The summed E-state index contributed by atoms with van der Waals surface area (Å²) < 4.78 is 5.91. The van der Waals surface area contributed by atoms with Crippen LogP contribution in [0.3, 0.4) is 0 Å². The van der Waals surface area contributed by atoms with Crippen LogP contribution in [0, 0.1) is 0 Å². The minimum absolute atomic E-state index is 0.0574. The largest absolute Gasteiger partial charge is 0.492 e. The highest BCUT2D eigenvalue weighted by Gasteiger charge is 2.12. The molecule has 1 aromatic heterocycles. The van der Waals surface area contributed by atoms with Gasteiger partial charge in [0.25, 0.3) is 0 Å². The van der Waals surface area contributed by atoms with E-state index in [1.165, 1.54) is 26.2 Å². The predicted octanol–water partition coefficient (Wildman–Crippen LogP) is 5.22. The summed E-state index contributed by atoms with van der Waals surface area (Å²) in [6.07, 6.45) is 3.88. The van der Waals surface area contributed by atoms with E-state index in [0.717, 1.165) is 36.8 Å². The third kappa shape index (κ3) is 6.23. The third-order valence-electron chi connectivity index (χ3n) is 5.72. The van der Waals surface area contributed by atoms with Crippen LogP contribution in [0.5, 0.6) is 5.75 Å². The van der Waals surface area contributed by atoms with E-state index in [1.54, 1.807) is 12.1 Å². The van der Waals surface area contributed by atoms with E-state index in [1.807, 2.05) is 48.5 Å². The lowest BCUT2D eigenvalue weighted by molar-refractivity contribution is 0.101. The van der Waals surface area contributed by atoms with Crippen LogP contribution in [0.1, 0.15) is 36.5 Å². The Morgan fingerprint density at radius 3 is 2.55 bits per heavy atom. The molecule has 0 amide bonds. The molecule has 4 N–H and O–H groups in total. The molecule has 1 fully saturated rings. The smallest absolute Gasteiger partial charge is 0.163 e. The number of ether oxygens (including phenoxy) is 1. The van der Waals surface area contributed by atoms with Crippen LogP contribution in [0.2, 0.25) is 0 Å². The molecule has 4 rings (SSSR count). The van der Waals surface area contributed by atoms with Gasteiger partial charge in [0, 0.05) is 18.3 Å². The molecular formula is C26H31N5O2. The van der Waals surface area contributed by atoms with Crippen LogP contribution in [-0.2, 0) is 0 Å². The second-order valence-corrected chi connectivity index (χ2v) is 8.26. The van der Waals surface area contributed by atoms with Gasteiger partial charge in [-0.25, -0.2) is 4.98 Å². The van der Waals surface area contributed by atoms with Crippen molar-refractivity contribution in [2.24, 2.45) is 0 Å². The fraction of sp³-hybridized carbons (Fsp3) is 0.308. The lowest BCUT2D eigenvalue weighted by Gasteiger charge is -2.26. The number of pyridine rings is 1. The van der Waals surface area contributed by atoms with Gasteiger partial charge in [-0.2, -0.15) is 0 Å². The number of para-hydroxylation sites is 1. The zero-order chi connectivity index (χ0) is 23.0. The number of rotatable bonds is 9. The fourth-order valence-corrected chi connectivity index (χ4v) is 3.92. The average Bonchev–Trinajstić information content (AvgIpc) is 2.82. The highest BCUT2D eigenvalue weighted by Crippen LogP contribution is 2.29. The van der Waals surface area contributed by atoms with Crippen molar-refractivity contribution in [3.63, 3.8) is 0 Å². The Bertz CT molecular complexity index is 1080. The van der Waals surface area contributed by atoms with Crippen LogP contribution in [0.4, 0.5) is 28.7 Å². The first-order valence-corrected chi connectivity index (χ1v) is 11.4. The molecule has 33 heavy (non-hydrogen) atoms. The van der Waals surface area contributed by atoms with Crippen molar-refractivity contribution in [2.75, 3.05) is 42.6 Å². The number of piperidine rings is 1. The van der Waals surface area contributed by atoms with Gasteiger partial charge in [-0.3, -0.25) is 9.69 Å². The number of hydrogen-bond donors (Lipinski definition) is 3. The number of aromatic nitrogens is 1. The van der Waals surface area contributed by atoms with Crippen LogP contribution < -0.4 is 21.1 Å². The van der Waals surface area contributed by atoms with Crippen molar-refractivity contribution in [3.05, 3.63) is 66.2 Å². The molecule has 1 aliphatic rings. The highest BCUT2D eigenvalue weighted by atomic mass is 16.5. The van der Waals surface area contributed by atoms with Crippen molar-refractivity contribution >= 4 is 34.5 Å². The van der Waals surface area contributed by atoms with Crippen molar-refractivity contribution in [1.82, 2.24) is 9.88 Å². The Kier molecular flexibility index (Phi) is 7.42. The minimum Gasteiger partial charge on any atom is -0.492 e. The van der Waals surface area contributed by atoms with Crippen LogP contribution in [0.15, 0.2) is 60.7 Å². The molecule has 1 saturated heterocycles. The average molecular weight is 446 g/mol. The molecule has 0 atom stereocenters. The molecule has 7 heteroatoms. The summed E-state index contributed by atoms with van der Waals surface area (Å²) in [4.78, 5) is 19.1. The predicted molar refractivity (Wildman–Crippen MR) is 134 cm³/mol. The molecule has 0 radical (unpaired) electrons. The number of nitrogens with two attached hydrogens (primary N) is 1. The van der Waals surface area contributed by atoms with E-state index >= 15 is 0 Å². The number of benzene rings is 2. The van der Waals surface area contributed by atoms with Crippen molar-refractivity contribution < 1.29 is 9.53 Å². The minimum atomic E-state index is -0.0574. The molecule has 1 aliphatic heterocycles. The molecule has 0 unspecified atom stereocenters.